The fourth-order valence-electron chi connectivity index (χ4n) is 4.19. The third-order valence-corrected chi connectivity index (χ3v) is 5.42. The highest BCUT2D eigenvalue weighted by Crippen LogP contribution is 2.51. The van der Waals surface area contributed by atoms with Crippen LogP contribution in [0.1, 0.15) is 25.0 Å². The summed E-state index contributed by atoms with van der Waals surface area (Å²) in [5, 5.41) is 0. The average molecular weight is 349 g/mol. The van der Waals surface area contributed by atoms with Crippen molar-refractivity contribution in [2.24, 2.45) is 0 Å². The van der Waals surface area contributed by atoms with Gasteiger partial charge in [0.15, 0.2) is 11.6 Å². The molecule has 0 saturated heterocycles. The smallest absolute Gasteiger partial charge is 0.163 e. The maximum Gasteiger partial charge on any atom is 0.163 e. The summed E-state index contributed by atoms with van der Waals surface area (Å²) in [5.74, 6) is 1.42. The molecule has 0 atom stereocenters. The molecule has 1 aliphatic rings. The van der Waals surface area contributed by atoms with E-state index < -0.39 is 0 Å². The fourth-order valence-corrected chi connectivity index (χ4v) is 4.19. The lowest BCUT2D eigenvalue weighted by Crippen LogP contribution is -2.16. The first-order valence-electron chi connectivity index (χ1n) is 9.14. The first-order valence-corrected chi connectivity index (χ1v) is 9.14. The Kier molecular flexibility index (Phi) is 3.44. The molecule has 4 aromatic rings. The van der Waals surface area contributed by atoms with Crippen LogP contribution in [0.4, 0.5) is 0 Å². The van der Waals surface area contributed by atoms with Crippen LogP contribution in [0.5, 0.6) is 0 Å². The molecular formula is C24H19N3. The second kappa shape index (κ2) is 5.85. The second-order valence-corrected chi connectivity index (χ2v) is 7.40. The molecule has 3 heteroatoms. The zero-order valence-corrected chi connectivity index (χ0v) is 15.3. The molecule has 0 unspecified atom stereocenters. The summed E-state index contributed by atoms with van der Waals surface area (Å²) in [6, 6.07) is 25.1. The second-order valence-electron chi connectivity index (χ2n) is 7.40. The molecule has 130 valence electrons. The van der Waals surface area contributed by atoms with Crippen LogP contribution in [0, 0.1) is 0 Å². The van der Waals surface area contributed by atoms with E-state index in [1.54, 1.807) is 6.33 Å². The normalized spacial score (nSPS) is 13.9. The number of rotatable bonds is 2. The van der Waals surface area contributed by atoms with Gasteiger partial charge in [-0.25, -0.2) is 15.0 Å². The number of fused-ring (bicyclic) bond motifs is 3. The highest BCUT2D eigenvalue weighted by molar-refractivity contribution is 5.86. The molecule has 0 bridgehead atoms. The molecule has 1 heterocycles. The van der Waals surface area contributed by atoms with Crippen molar-refractivity contribution in [1.82, 2.24) is 15.0 Å². The van der Waals surface area contributed by atoms with Gasteiger partial charge in [-0.05, 0) is 22.3 Å². The van der Waals surface area contributed by atoms with Crippen molar-refractivity contribution in [1.29, 1.82) is 0 Å². The summed E-state index contributed by atoms with van der Waals surface area (Å²) in [6.45, 7) is 4.56. The minimum atomic E-state index is -0.0952. The number of hydrogen-bond acceptors (Lipinski definition) is 3. The number of hydrogen-bond donors (Lipinski definition) is 0. The molecule has 1 aliphatic carbocycles. The van der Waals surface area contributed by atoms with Gasteiger partial charge in [0.2, 0.25) is 0 Å². The van der Waals surface area contributed by atoms with Gasteiger partial charge in [-0.1, -0.05) is 86.6 Å². The van der Waals surface area contributed by atoms with E-state index in [2.05, 4.69) is 66.3 Å². The Labute approximate surface area is 158 Å². The molecule has 0 N–H and O–H groups in total. The lowest BCUT2D eigenvalue weighted by Gasteiger charge is -2.23. The van der Waals surface area contributed by atoms with Crippen molar-refractivity contribution < 1.29 is 0 Å². The van der Waals surface area contributed by atoms with Gasteiger partial charge < -0.3 is 0 Å². The van der Waals surface area contributed by atoms with Gasteiger partial charge in [-0.15, -0.1) is 0 Å². The number of benzene rings is 3. The molecule has 5 rings (SSSR count). The van der Waals surface area contributed by atoms with E-state index in [0.29, 0.717) is 5.82 Å². The summed E-state index contributed by atoms with van der Waals surface area (Å²) in [4.78, 5) is 13.7. The van der Waals surface area contributed by atoms with Crippen LogP contribution in [-0.2, 0) is 5.41 Å². The molecule has 27 heavy (non-hydrogen) atoms. The SMILES string of the molecule is CC1(C)c2ccccc2-c2cccc(-c3ncnc(-c4ccccc4)n3)c21. The Bertz CT molecular complexity index is 1150. The molecule has 3 nitrogen and oxygen atoms in total. The van der Waals surface area contributed by atoms with Gasteiger partial charge >= 0.3 is 0 Å². The molecule has 1 aromatic heterocycles. The maximum atomic E-state index is 4.80. The minimum Gasteiger partial charge on any atom is -0.217 e. The standard InChI is InChI=1S/C24H19N3/c1-24(2)20-14-7-6-11-17(20)18-12-8-13-19(21(18)24)23-26-15-25-22(27-23)16-9-4-3-5-10-16/h3-15H,1-2H3. The van der Waals surface area contributed by atoms with Crippen molar-refractivity contribution >= 4 is 0 Å². The zero-order valence-electron chi connectivity index (χ0n) is 15.3. The highest BCUT2D eigenvalue weighted by atomic mass is 15.0. The van der Waals surface area contributed by atoms with E-state index in [4.69, 9.17) is 4.98 Å². The molecule has 0 spiro atoms. The summed E-state index contributed by atoms with van der Waals surface area (Å²) < 4.78 is 0. The third-order valence-electron chi connectivity index (χ3n) is 5.42. The lowest BCUT2D eigenvalue weighted by molar-refractivity contribution is 0.661. The Morgan fingerprint density at radius 3 is 2.15 bits per heavy atom. The fraction of sp³-hybridized carbons (Fsp3) is 0.125. The van der Waals surface area contributed by atoms with Gasteiger partial charge in [0.1, 0.15) is 6.33 Å². The summed E-state index contributed by atoms with van der Waals surface area (Å²) in [5.41, 5.74) is 7.19. The molecule has 0 aliphatic heterocycles. The van der Waals surface area contributed by atoms with Crippen LogP contribution in [0.3, 0.4) is 0 Å². The van der Waals surface area contributed by atoms with Crippen molar-refractivity contribution in [3.05, 3.63) is 90.3 Å². The highest BCUT2D eigenvalue weighted by Gasteiger charge is 2.37. The van der Waals surface area contributed by atoms with Crippen LogP contribution in [0.25, 0.3) is 33.9 Å². The predicted octanol–water partition coefficient (Wildman–Crippen LogP) is 5.51. The van der Waals surface area contributed by atoms with Gasteiger partial charge in [-0.2, -0.15) is 0 Å². The van der Waals surface area contributed by atoms with Crippen LogP contribution in [-0.4, -0.2) is 15.0 Å². The van der Waals surface area contributed by atoms with Crippen LogP contribution < -0.4 is 0 Å². The van der Waals surface area contributed by atoms with Crippen LogP contribution in [0.2, 0.25) is 0 Å². The first kappa shape index (κ1) is 15.9. The molecular weight excluding hydrogens is 330 g/mol. The lowest BCUT2D eigenvalue weighted by atomic mass is 9.80. The van der Waals surface area contributed by atoms with E-state index >= 15 is 0 Å². The van der Waals surface area contributed by atoms with E-state index in [-0.39, 0.29) is 5.41 Å². The Hall–Kier alpha value is -3.33. The van der Waals surface area contributed by atoms with Gasteiger partial charge in [0, 0.05) is 16.5 Å². The van der Waals surface area contributed by atoms with Crippen molar-refractivity contribution in [3.8, 4) is 33.9 Å². The van der Waals surface area contributed by atoms with Crippen molar-refractivity contribution in [3.63, 3.8) is 0 Å². The molecule has 0 saturated carbocycles. The summed E-state index contributed by atoms with van der Waals surface area (Å²) >= 11 is 0. The quantitative estimate of drug-likeness (QED) is 0.479. The minimum absolute atomic E-state index is 0.0952. The largest absolute Gasteiger partial charge is 0.217 e. The zero-order chi connectivity index (χ0) is 18.4. The average Bonchev–Trinajstić information content (AvgIpc) is 2.97. The van der Waals surface area contributed by atoms with E-state index in [9.17, 15) is 0 Å². The van der Waals surface area contributed by atoms with Gasteiger partial charge in [0.05, 0.1) is 0 Å². The molecule has 0 amide bonds. The van der Waals surface area contributed by atoms with Crippen LogP contribution >= 0.6 is 0 Å². The van der Waals surface area contributed by atoms with Crippen molar-refractivity contribution in [2.75, 3.05) is 0 Å². The van der Waals surface area contributed by atoms with E-state index in [0.717, 1.165) is 17.0 Å². The van der Waals surface area contributed by atoms with Gasteiger partial charge in [0.25, 0.3) is 0 Å². The van der Waals surface area contributed by atoms with Crippen LogP contribution in [0.15, 0.2) is 79.1 Å². The summed E-state index contributed by atoms with van der Waals surface area (Å²) in [6.07, 6.45) is 1.61. The maximum absolute atomic E-state index is 4.80. The molecule has 0 fully saturated rings. The Balaban J connectivity index is 1.72. The topological polar surface area (TPSA) is 38.7 Å². The summed E-state index contributed by atoms with van der Waals surface area (Å²) in [7, 11) is 0. The Morgan fingerprint density at radius 2 is 1.30 bits per heavy atom. The number of nitrogens with zero attached hydrogens (tertiary/aromatic N) is 3. The molecule has 3 aromatic carbocycles. The Morgan fingerprint density at radius 1 is 0.630 bits per heavy atom. The van der Waals surface area contributed by atoms with Gasteiger partial charge in [-0.3, -0.25) is 0 Å². The number of aromatic nitrogens is 3. The van der Waals surface area contributed by atoms with E-state index in [1.807, 2.05) is 30.3 Å². The molecule has 0 radical (unpaired) electrons. The third kappa shape index (κ3) is 2.39. The predicted molar refractivity (Wildman–Crippen MR) is 108 cm³/mol. The van der Waals surface area contributed by atoms with Crippen molar-refractivity contribution in [2.45, 2.75) is 19.3 Å². The monoisotopic (exact) mass is 349 g/mol. The van der Waals surface area contributed by atoms with E-state index in [1.165, 1.54) is 22.3 Å². The first-order chi connectivity index (χ1) is 13.2.